The van der Waals surface area contributed by atoms with Gasteiger partial charge in [-0.15, -0.1) is 0 Å². The van der Waals surface area contributed by atoms with E-state index >= 15 is 0 Å². The molecule has 0 bridgehead atoms. The third-order valence-corrected chi connectivity index (χ3v) is 4.37. The largest absolute Gasteiger partial charge is 0.487 e. The van der Waals surface area contributed by atoms with Crippen LogP contribution in [0, 0.1) is 5.82 Å². The van der Waals surface area contributed by atoms with Gasteiger partial charge in [-0.3, -0.25) is 9.35 Å². The van der Waals surface area contributed by atoms with E-state index in [1.165, 1.54) is 24.0 Å². The number of nitrogens with zero attached hydrogens (tertiary/aromatic N) is 3. The van der Waals surface area contributed by atoms with E-state index in [0.29, 0.717) is 11.3 Å². The Hall–Kier alpha value is -3.18. The number of hydrogen-bond donors (Lipinski definition) is 2. The van der Waals surface area contributed by atoms with Crippen molar-refractivity contribution in [2.75, 3.05) is 18.2 Å². The van der Waals surface area contributed by atoms with Crippen molar-refractivity contribution in [2.24, 2.45) is 5.14 Å². The van der Waals surface area contributed by atoms with Crippen LogP contribution in [-0.4, -0.2) is 43.8 Å². The molecule has 0 amide bonds. The second kappa shape index (κ2) is 9.09. The fourth-order valence-electron chi connectivity index (χ4n) is 2.53. The molecule has 0 aliphatic rings. The molecule has 30 heavy (non-hydrogen) atoms. The van der Waals surface area contributed by atoms with Crippen molar-refractivity contribution < 1.29 is 22.1 Å². The summed E-state index contributed by atoms with van der Waals surface area (Å²) >= 11 is 0. The maximum absolute atomic E-state index is 13.5. The van der Waals surface area contributed by atoms with Crippen molar-refractivity contribution in [1.29, 1.82) is 0 Å². The molecule has 2 aromatic carbocycles. The van der Waals surface area contributed by atoms with Crippen molar-refractivity contribution in [1.82, 2.24) is 15.0 Å². The number of aromatic nitrogens is 3. The zero-order valence-electron chi connectivity index (χ0n) is 15.8. The van der Waals surface area contributed by atoms with Crippen LogP contribution in [0.2, 0.25) is 0 Å². The lowest BCUT2D eigenvalue weighted by Gasteiger charge is -2.11. The van der Waals surface area contributed by atoms with E-state index in [4.69, 9.17) is 9.88 Å². The average molecular weight is 437 g/mol. The van der Waals surface area contributed by atoms with Gasteiger partial charge in [-0.1, -0.05) is 12.1 Å². The Labute approximate surface area is 171 Å². The number of rotatable bonds is 7. The molecule has 0 aliphatic heterocycles. The van der Waals surface area contributed by atoms with Crippen molar-refractivity contribution >= 4 is 26.7 Å². The van der Waals surface area contributed by atoms with E-state index in [2.05, 4.69) is 20.3 Å². The molecule has 0 saturated heterocycles. The first-order valence-corrected chi connectivity index (χ1v) is 10.7. The summed E-state index contributed by atoms with van der Waals surface area (Å²) in [4.78, 5) is 12.3. The Morgan fingerprint density at radius 2 is 2.03 bits per heavy atom. The highest BCUT2D eigenvalue weighted by Crippen LogP contribution is 2.29. The lowest BCUT2D eigenvalue weighted by molar-refractivity contribution is 0.0820. The zero-order valence-corrected chi connectivity index (χ0v) is 16.6. The molecule has 7 nitrogen and oxygen atoms in total. The van der Waals surface area contributed by atoms with E-state index in [9.17, 15) is 17.4 Å². The molecule has 0 radical (unpaired) electrons. The summed E-state index contributed by atoms with van der Waals surface area (Å²) in [6.45, 7) is -0.891. The normalized spacial score (nSPS) is 13.0. The summed E-state index contributed by atoms with van der Waals surface area (Å²) in [5.41, 5.74) is 1.47. The molecular weight excluding hydrogens is 419 g/mol. The zero-order chi connectivity index (χ0) is 21.7. The van der Waals surface area contributed by atoms with Gasteiger partial charge in [0.2, 0.25) is 5.95 Å². The fourth-order valence-corrected chi connectivity index (χ4v) is 3.22. The quantitative estimate of drug-likeness (QED) is 0.551. The summed E-state index contributed by atoms with van der Waals surface area (Å²) in [6, 6.07) is 10.4. The molecule has 0 aliphatic carbocycles. The fraction of sp³-hybridized carbons (Fsp3) is 0.158. The van der Waals surface area contributed by atoms with Gasteiger partial charge in [0.1, 0.15) is 24.5 Å². The van der Waals surface area contributed by atoms with Crippen LogP contribution >= 0.6 is 0 Å². The van der Waals surface area contributed by atoms with Crippen LogP contribution in [0.1, 0.15) is 5.56 Å². The highest BCUT2D eigenvalue weighted by molar-refractivity contribution is 7.98. The third-order valence-electron chi connectivity index (χ3n) is 3.63. The molecule has 3 N–H and O–H groups in total. The van der Waals surface area contributed by atoms with Gasteiger partial charge in [0.05, 0.1) is 5.56 Å². The molecule has 0 fully saturated rings. The van der Waals surface area contributed by atoms with E-state index in [1.807, 2.05) is 0 Å². The first-order chi connectivity index (χ1) is 14.2. The number of hydrogen-bond acceptors (Lipinski definition) is 6. The molecule has 1 heterocycles. The topological polar surface area (TPSA) is 103 Å². The van der Waals surface area contributed by atoms with Crippen LogP contribution in [-0.2, 0) is 9.71 Å². The van der Waals surface area contributed by atoms with Gasteiger partial charge in [0.15, 0.2) is 5.82 Å². The Bertz CT molecular complexity index is 1160. The van der Waals surface area contributed by atoms with Gasteiger partial charge >= 0.3 is 0 Å². The van der Waals surface area contributed by atoms with Crippen LogP contribution in [0.3, 0.4) is 0 Å². The minimum Gasteiger partial charge on any atom is -0.487 e. The van der Waals surface area contributed by atoms with Crippen LogP contribution in [0.15, 0.2) is 48.8 Å². The van der Waals surface area contributed by atoms with Crippen LogP contribution in [0.4, 0.5) is 24.8 Å². The average Bonchev–Trinajstić information content (AvgIpc) is 2.65. The van der Waals surface area contributed by atoms with Gasteiger partial charge in [-0.25, -0.2) is 23.1 Å². The van der Waals surface area contributed by atoms with Crippen molar-refractivity contribution in [3.05, 3.63) is 60.2 Å². The smallest absolute Gasteiger partial charge is 0.272 e. The number of nitrogens with one attached hydrogen (secondary N) is 1. The van der Waals surface area contributed by atoms with Crippen molar-refractivity contribution in [2.45, 2.75) is 6.43 Å². The number of benzene rings is 2. The Kier molecular flexibility index (Phi) is 6.53. The summed E-state index contributed by atoms with van der Waals surface area (Å²) in [7, 11) is -2.57. The standard InChI is InChI=1S/C19H18F3N5O2S/c1-30(23,28)10-12-3-2-4-14(7-12)26-19-25-11-24-18(27-19)15-6-5-13(20)8-16(15)29-9-17(21)22/h2-8,10-11,17H,9H2,1H3,(H2,23,28)(H,24,25,26,27). The highest BCUT2D eigenvalue weighted by atomic mass is 32.2. The number of alkyl halides is 2. The maximum Gasteiger partial charge on any atom is 0.272 e. The molecule has 1 aromatic heterocycles. The van der Waals surface area contributed by atoms with E-state index in [1.54, 1.807) is 24.3 Å². The second-order valence-electron chi connectivity index (χ2n) is 6.31. The third kappa shape index (κ3) is 6.16. The van der Waals surface area contributed by atoms with Crippen LogP contribution in [0.25, 0.3) is 11.4 Å². The highest BCUT2D eigenvalue weighted by Gasteiger charge is 2.14. The maximum atomic E-state index is 13.5. The minimum atomic E-state index is -2.72. The van der Waals surface area contributed by atoms with Gasteiger partial charge in [0.25, 0.3) is 6.43 Å². The van der Waals surface area contributed by atoms with Crippen LogP contribution in [0.5, 0.6) is 5.75 Å². The predicted octanol–water partition coefficient (Wildman–Crippen LogP) is 3.00. The summed E-state index contributed by atoms with van der Waals surface area (Å²) in [6.07, 6.45) is -0.0754. The molecule has 11 heteroatoms. The van der Waals surface area contributed by atoms with Gasteiger partial charge in [0, 0.05) is 33.1 Å². The first kappa shape index (κ1) is 21.5. The van der Waals surface area contributed by atoms with Crippen LogP contribution < -0.4 is 15.2 Å². The Morgan fingerprint density at radius 3 is 2.77 bits per heavy atom. The SMILES string of the molecule is CS(N)(=O)=Cc1cccc(Nc2ncnc(-c3ccc(F)cc3OCC(F)F)n2)c1. The first-order valence-electron chi connectivity index (χ1n) is 8.58. The monoisotopic (exact) mass is 437 g/mol. The molecule has 1 unspecified atom stereocenters. The number of ether oxygens (including phenoxy) is 1. The lowest BCUT2D eigenvalue weighted by Crippen LogP contribution is -2.13. The van der Waals surface area contributed by atoms with Gasteiger partial charge in [-0.2, -0.15) is 4.98 Å². The number of anilines is 2. The molecular formula is C19H18F3N5O2S. The molecule has 3 rings (SSSR count). The van der Waals surface area contributed by atoms with E-state index in [0.717, 1.165) is 12.1 Å². The summed E-state index contributed by atoms with van der Waals surface area (Å²) in [5, 5.41) is 9.97. The number of halogens is 3. The predicted molar refractivity (Wildman–Crippen MR) is 110 cm³/mol. The van der Waals surface area contributed by atoms with E-state index < -0.39 is 28.6 Å². The van der Waals surface area contributed by atoms with Gasteiger partial charge < -0.3 is 10.1 Å². The molecule has 158 valence electrons. The Balaban J connectivity index is 1.89. The van der Waals surface area contributed by atoms with Gasteiger partial charge in [-0.05, 0) is 29.8 Å². The molecule has 0 spiro atoms. The minimum absolute atomic E-state index is 0.107. The molecule has 0 saturated carbocycles. The molecule has 1 atom stereocenters. The van der Waals surface area contributed by atoms with E-state index in [-0.39, 0.29) is 23.1 Å². The second-order valence-corrected chi connectivity index (χ2v) is 8.48. The number of nitrogens with two attached hydrogens (primary N) is 1. The molecule has 3 aromatic rings. The Morgan fingerprint density at radius 1 is 1.23 bits per heavy atom. The lowest BCUT2D eigenvalue weighted by atomic mass is 10.2. The summed E-state index contributed by atoms with van der Waals surface area (Å²) < 4.78 is 55.3. The summed E-state index contributed by atoms with van der Waals surface area (Å²) in [5.74, 6) is -0.482. The van der Waals surface area contributed by atoms with Crippen molar-refractivity contribution in [3.63, 3.8) is 0 Å². The van der Waals surface area contributed by atoms with Crippen molar-refractivity contribution in [3.8, 4) is 17.1 Å².